The molecule has 6 aliphatic rings. The first-order chi connectivity index (χ1) is 24.2. The number of hydrogen-bond acceptors (Lipinski definition) is 8. The van der Waals surface area contributed by atoms with Crippen LogP contribution in [-0.2, 0) is 33.8 Å². The van der Waals surface area contributed by atoms with E-state index in [-0.39, 0.29) is 19.0 Å². The Labute approximate surface area is 301 Å². The highest BCUT2D eigenvalue weighted by molar-refractivity contribution is 5.41. The van der Waals surface area contributed by atoms with Crippen LogP contribution < -0.4 is 9.47 Å². The summed E-state index contributed by atoms with van der Waals surface area (Å²) in [7, 11) is 0. The summed E-state index contributed by atoms with van der Waals surface area (Å²) in [5, 5.41) is 0. The number of ether oxygens (including phenoxy) is 8. The Morgan fingerprint density at radius 3 is 1.14 bits per heavy atom. The fraction of sp³-hybridized carbons (Fsp3) is 0.714. The largest absolute Gasteiger partial charge is 0.491 e. The molecule has 8 heteroatoms. The van der Waals surface area contributed by atoms with Gasteiger partial charge in [-0.1, -0.05) is 52.0 Å². The summed E-state index contributed by atoms with van der Waals surface area (Å²) in [6.07, 6.45) is 12.6. The Bertz CT molecular complexity index is 1220. The quantitative estimate of drug-likeness (QED) is 0.165. The van der Waals surface area contributed by atoms with Crippen LogP contribution in [0.15, 0.2) is 48.5 Å². The molecule has 4 atom stereocenters. The van der Waals surface area contributed by atoms with Gasteiger partial charge in [-0.25, -0.2) is 0 Å². The molecule has 6 fully saturated rings. The second-order valence-corrected chi connectivity index (χ2v) is 16.6. The maximum absolute atomic E-state index is 6.03. The van der Waals surface area contributed by atoms with Crippen LogP contribution in [0.2, 0.25) is 0 Å². The van der Waals surface area contributed by atoms with Gasteiger partial charge in [0.15, 0.2) is 0 Å². The fourth-order valence-corrected chi connectivity index (χ4v) is 7.90. The molecule has 2 aliphatic carbocycles. The van der Waals surface area contributed by atoms with Crippen LogP contribution in [0.1, 0.15) is 91.6 Å². The number of hydrogen-bond donors (Lipinski definition) is 0. The Morgan fingerprint density at radius 2 is 0.820 bits per heavy atom. The van der Waals surface area contributed by atoms with Crippen molar-refractivity contribution < 1.29 is 39.3 Å². The molecule has 0 radical (unpaired) electrons. The molecule has 0 aromatic heterocycles. The molecule has 8 nitrogen and oxygen atoms in total. The van der Waals surface area contributed by atoms with Crippen LogP contribution in [0.5, 0.6) is 11.5 Å². The third-order valence-electron chi connectivity index (χ3n) is 12.1. The molecule has 0 amide bonds. The summed E-state index contributed by atoms with van der Waals surface area (Å²) in [5.74, 6) is 3.49. The highest BCUT2D eigenvalue weighted by Gasteiger charge is 2.41. The molecule has 0 N–H and O–H groups in total. The molecule has 4 heterocycles. The van der Waals surface area contributed by atoms with E-state index in [1.807, 2.05) is 24.3 Å². The lowest BCUT2D eigenvalue weighted by atomic mass is 9.60. The lowest BCUT2D eigenvalue weighted by Crippen LogP contribution is -2.39. The van der Waals surface area contributed by atoms with Crippen molar-refractivity contribution in [3.8, 4) is 11.5 Å². The van der Waals surface area contributed by atoms with Gasteiger partial charge in [-0.05, 0) is 104 Å². The van der Waals surface area contributed by atoms with E-state index in [0.717, 1.165) is 63.0 Å². The van der Waals surface area contributed by atoms with Gasteiger partial charge in [-0.3, -0.25) is 0 Å². The molecule has 2 aromatic carbocycles. The predicted molar refractivity (Wildman–Crippen MR) is 194 cm³/mol. The van der Waals surface area contributed by atoms with Crippen LogP contribution in [0.25, 0.3) is 0 Å². The second kappa shape index (κ2) is 16.2. The minimum absolute atomic E-state index is 0. The van der Waals surface area contributed by atoms with Gasteiger partial charge in [0.05, 0.1) is 51.8 Å². The van der Waals surface area contributed by atoms with Crippen LogP contribution >= 0.6 is 0 Å². The van der Waals surface area contributed by atoms with E-state index in [1.54, 1.807) is 0 Å². The topological polar surface area (TPSA) is 87.0 Å². The molecule has 50 heavy (non-hydrogen) atoms. The van der Waals surface area contributed by atoms with Crippen LogP contribution in [0.4, 0.5) is 0 Å². The highest BCUT2D eigenvalue weighted by Crippen LogP contribution is 2.49. The van der Waals surface area contributed by atoms with Crippen molar-refractivity contribution in [3.63, 3.8) is 0 Å². The highest BCUT2D eigenvalue weighted by atomic mass is 16.6. The van der Waals surface area contributed by atoms with Gasteiger partial charge in [0.1, 0.15) is 49.1 Å². The zero-order chi connectivity index (χ0) is 34.6. The van der Waals surface area contributed by atoms with Crippen molar-refractivity contribution in [2.45, 2.75) is 121 Å². The third-order valence-corrected chi connectivity index (χ3v) is 12.1. The van der Waals surface area contributed by atoms with Gasteiger partial charge in [0.2, 0.25) is 0 Å². The predicted octanol–water partition coefficient (Wildman–Crippen LogP) is 7.77. The summed E-state index contributed by atoms with van der Waals surface area (Å²) in [6.45, 7) is 15.9. The molecule has 4 saturated heterocycles. The molecule has 4 unspecified atom stereocenters. The van der Waals surface area contributed by atoms with Crippen molar-refractivity contribution in [3.05, 3.63) is 59.7 Å². The Hall–Kier alpha value is -2.20. The maximum Gasteiger partial charge on any atom is 0.119 e. The molecule has 2 aromatic rings. The Balaban J connectivity index is 0.000000172. The Morgan fingerprint density at radius 1 is 0.500 bits per heavy atom. The van der Waals surface area contributed by atoms with Crippen molar-refractivity contribution in [1.82, 2.24) is 0 Å². The second-order valence-electron chi connectivity index (χ2n) is 16.6. The molecular formula is C42H62O8. The fourth-order valence-electron chi connectivity index (χ4n) is 7.90. The summed E-state index contributed by atoms with van der Waals surface area (Å²) < 4.78 is 44.3. The maximum atomic E-state index is 6.03. The lowest BCUT2D eigenvalue weighted by Gasteiger charge is -2.46. The standard InChI is InChI=1S/C21H36O4.C21H24O4.H2/c2*1-21(2,15-3-7-17(8-4-15)22-11-19-13-24-19)16-5-9-18(10-6-16)23-12-20-14-25-20;/h15-20H,3-14H2,1-2H3;3-10,19-20H,11-14H2,1-2H3;1H. The minimum Gasteiger partial charge on any atom is -0.491 e. The number of epoxide rings is 4. The van der Waals surface area contributed by atoms with Crippen molar-refractivity contribution in [1.29, 1.82) is 0 Å². The monoisotopic (exact) mass is 694 g/mol. The average molecular weight is 695 g/mol. The van der Waals surface area contributed by atoms with E-state index in [2.05, 4.69) is 52.0 Å². The zero-order valence-corrected chi connectivity index (χ0v) is 30.8. The SMILES string of the molecule is CC(C)(C1CCC(OCC2CO2)CC1)C1CCC(OCC2CO2)CC1.CC(C)(c1ccc(OCC2CO2)cc1)c1ccc(OCC2CO2)cc1.[HH]. The van der Waals surface area contributed by atoms with E-state index in [1.165, 1.54) is 62.5 Å². The van der Waals surface area contributed by atoms with E-state index >= 15 is 0 Å². The van der Waals surface area contributed by atoms with E-state index < -0.39 is 0 Å². The molecule has 0 spiro atoms. The van der Waals surface area contributed by atoms with Crippen LogP contribution in [0, 0.1) is 17.3 Å². The molecule has 278 valence electrons. The van der Waals surface area contributed by atoms with E-state index in [0.29, 0.717) is 43.0 Å². The van der Waals surface area contributed by atoms with Gasteiger partial charge in [-0.2, -0.15) is 0 Å². The lowest BCUT2D eigenvalue weighted by molar-refractivity contribution is -0.0387. The molecule has 2 saturated carbocycles. The van der Waals surface area contributed by atoms with Crippen LogP contribution in [0.3, 0.4) is 0 Å². The number of benzene rings is 2. The van der Waals surface area contributed by atoms with Gasteiger partial charge >= 0.3 is 0 Å². The van der Waals surface area contributed by atoms with Gasteiger partial charge in [0.25, 0.3) is 0 Å². The third kappa shape index (κ3) is 10.4. The van der Waals surface area contributed by atoms with E-state index in [4.69, 9.17) is 37.9 Å². The molecular weight excluding hydrogens is 632 g/mol. The van der Waals surface area contributed by atoms with Crippen molar-refractivity contribution in [2.24, 2.45) is 17.3 Å². The first-order valence-corrected chi connectivity index (χ1v) is 19.4. The minimum atomic E-state index is -0.0870. The zero-order valence-electron chi connectivity index (χ0n) is 30.8. The summed E-state index contributed by atoms with van der Waals surface area (Å²) >= 11 is 0. The van der Waals surface area contributed by atoms with Crippen molar-refractivity contribution in [2.75, 3.05) is 52.9 Å². The smallest absolute Gasteiger partial charge is 0.119 e. The average Bonchev–Trinajstić information content (AvgIpc) is 3.95. The summed E-state index contributed by atoms with van der Waals surface area (Å²) in [6, 6.07) is 16.7. The summed E-state index contributed by atoms with van der Waals surface area (Å²) in [5.41, 5.74) is 2.87. The number of rotatable bonds is 16. The Kier molecular flexibility index (Phi) is 11.7. The molecule has 4 aliphatic heterocycles. The summed E-state index contributed by atoms with van der Waals surface area (Å²) in [4.78, 5) is 0. The normalized spacial score (nSPS) is 31.6. The van der Waals surface area contributed by atoms with Crippen LogP contribution in [-0.4, -0.2) is 89.5 Å². The first kappa shape index (κ1) is 36.2. The first-order valence-electron chi connectivity index (χ1n) is 19.4. The van der Waals surface area contributed by atoms with Gasteiger partial charge < -0.3 is 37.9 Å². The van der Waals surface area contributed by atoms with E-state index in [9.17, 15) is 0 Å². The van der Waals surface area contributed by atoms with Gasteiger partial charge in [0, 0.05) is 6.84 Å². The van der Waals surface area contributed by atoms with Crippen molar-refractivity contribution >= 4 is 0 Å². The molecule has 0 bridgehead atoms. The van der Waals surface area contributed by atoms with Gasteiger partial charge in [-0.15, -0.1) is 0 Å². The molecule has 8 rings (SSSR count).